The molecule has 0 spiro atoms. The van der Waals surface area contributed by atoms with Crippen molar-refractivity contribution >= 4 is 28.7 Å². The zero-order valence-corrected chi connectivity index (χ0v) is 11.7. The lowest BCUT2D eigenvalue weighted by Gasteiger charge is -2.16. The predicted octanol–water partition coefficient (Wildman–Crippen LogP) is 2.19. The van der Waals surface area contributed by atoms with Gasteiger partial charge in [0, 0.05) is 20.0 Å². The summed E-state index contributed by atoms with van der Waals surface area (Å²) in [5.41, 5.74) is 1.66. The molecule has 1 saturated heterocycles. The summed E-state index contributed by atoms with van der Waals surface area (Å²) in [4.78, 5) is 22.2. The van der Waals surface area contributed by atoms with Crippen molar-refractivity contribution in [3.8, 4) is 0 Å². The Morgan fingerprint density at radius 3 is 2.89 bits per heavy atom. The topological polar surface area (TPSA) is 51.0 Å². The summed E-state index contributed by atoms with van der Waals surface area (Å²) in [7, 11) is 0. The number of rotatable bonds is 1. The lowest BCUT2D eigenvalue weighted by molar-refractivity contribution is -0.127. The molecule has 19 heavy (non-hydrogen) atoms. The summed E-state index contributed by atoms with van der Waals surface area (Å²) in [5, 5.41) is 0.468. The fourth-order valence-electron chi connectivity index (χ4n) is 2.74. The molecule has 0 radical (unpaired) electrons. The molecule has 1 unspecified atom stereocenters. The van der Waals surface area contributed by atoms with Gasteiger partial charge >= 0.3 is 0 Å². The number of pyridine rings is 1. The third kappa shape index (κ3) is 2.08. The van der Waals surface area contributed by atoms with E-state index in [1.807, 2.05) is 17.9 Å². The van der Waals surface area contributed by atoms with Gasteiger partial charge in [-0.1, -0.05) is 11.6 Å². The zero-order valence-electron chi connectivity index (χ0n) is 10.9. The summed E-state index contributed by atoms with van der Waals surface area (Å²) < 4.78 is 2.10. The molecule has 5 nitrogen and oxygen atoms in total. The molecule has 0 saturated carbocycles. The van der Waals surface area contributed by atoms with Crippen molar-refractivity contribution in [3.63, 3.8) is 0 Å². The minimum absolute atomic E-state index is 0.121. The third-order valence-electron chi connectivity index (χ3n) is 3.65. The van der Waals surface area contributed by atoms with E-state index in [2.05, 4.69) is 14.5 Å². The molecule has 2 aromatic rings. The first-order chi connectivity index (χ1) is 9.06. The number of hydrogen-bond donors (Lipinski definition) is 0. The number of nitrogens with zero attached hydrogens (tertiary/aromatic N) is 4. The molecule has 1 fully saturated rings. The molecule has 0 N–H and O–H groups in total. The van der Waals surface area contributed by atoms with Crippen molar-refractivity contribution in [2.45, 2.75) is 26.3 Å². The first-order valence-corrected chi connectivity index (χ1v) is 6.70. The number of likely N-dealkylation sites (tertiary alicyclic amines) is 1. The SMILES string of the molecule is CC(=O)N1CCC(n2c(C)nc3ccc(Cl)nc32)C1. The van der Waals surface area contributed by atoms with Gasteiger partial charge in [0.05, 0.1) is 6.04 Å². The second-order valence-electron chi connectivity index (χ2n) is 4.91. The molecule has 1 aliphatic heterocycles. The van der Waals surface area contributed by atoms with Crippen LogP contribution < -0.4 is 0 Å². The Labute approximate surface area is 116 Å². The van der Waals surface area contributed by atoms with Crippen molar-refractivity contribution in [2.24, 2.45) is 0 Å². The van der Waals surface area contributed by atoms with Gasteiger partial charge in [-0.25, -0.2) is 9.97 Å². The van der Waals surface area contributed by atoms with E-state index in [4.69, 9.17) is 11.6 Å². The van der Waals surface area contributed by atoms with Gasteiger partial charge in [0.2, 0.25) is 5.91 Å². The number of halogens is 1. The van der Waals surface area contributed by atoms with Crippen LogP contribution in [0, 0.1) is 6.92 Å². The van der Waals surface area contributed by atoms with Crippen LogP contribution in [0.15, 0.2) is 12.1 Å². The van der Waals surface area contributed by atoms with Crippen LogP contribution in [0.3, 0.4) is 0 Å². The van der Waals surface area contributed by atoms with Crippen molar-refractivity contribution in [2.75, 3.05) is 13.1 Å². The van der Waals surface area contributed by atoms with E-state index in [1.165, 1.54) is 0 Å². The van der Waals surface area contributed by atoms with Crippen molar-refractivity contribution in [1.29, 1.82) is 0 Å². The molecule has 3 heterocycles. The van der Waals surface area contributed by atoms with Gasteiger partial charge in [0.15, 0.2) is 5.65 Å². The fraction of sp³-hybridized carbons (Fsp3) is 0.462. The van der Waals surface area contributed by atoms with Crippen molar-refractivity contribution in [1.82, 2.24) is 19.4 Å². The molecule has 0 bridgehead atoms. The van der Waals surface area contributed by atoms with E-state index in [1.54, 1.807) is 13.0 Å². The fourth-order valence-corrected chi connectivity index (χ4v) is 2.88. The highest BCUT2D eigenvalue weighted by Crippen LogP contribution is 2.27. The van der Waals surface area contributed by atoms with Crippen LogP contribution >= 0.6 is 11.6 Å². The van der Waals surface area contributed by atoms with Crippen LogP contribution in [0.1, 0.15) is 25.2 Å². The Balaban J connectivity index is 2.03. The Morgan fingerprint density at radius 2 is 2.21 bits per heavy atom. The van der Waals surface area contributed by atoms with Gasteiger partial charge in [-0.05, 0) is 25.5 Å². The highest BCUT2D eigenvalue weighted by atomic mass is 35.5. The number of fused-ring (bicyclic) bond motifs is 1. The first kappa shape index (κ1) is 12.4. The number of aromatic nitrogens is 3. The smallest absolute Gasteiger partial charge is 0.219 e. The van der Waals surface area contributed by atoms with E-state index in [0.29, 0.717) is 5.15 Å². The van der Waals surface area contributed by atoms with Gasteiger partial charge in [-0.2, -0.15) is 0 Å². The maximum Gasteiger partial charge on any atom is 0.219 e. The van der Waals surface area contributed by atoms with Crippen LogP contribution in [0.4, 0.5) is 0 Å². The zero-order chi connectivity index (χ0) is 13.6. The van der Waals surface area contributed by atoms with Crippen LogP contribution in [0.2, 0.25) is 5.15 Å². The maximum absolute atomic E-state index is 11.4. The van der Waals surface area contributed by atoms with Crippen molar-refractivity contribution < 1.29 is 4.79 Å². The lowest BCUT2D eigenvalue weighted by atomic mass is 10.2. The second-order valence-corrected chi connectivity index (χ2v) is 5.30. The van der Waals surface area contributed by atoms with E-state index in [9.17, 15) is 4.79 Å². The van der Waals surface area contributed by atoms with E-state index in [0.717, 1.165) is 36.5 Å². The molecule has 0 aromatic carbocycles. The van der Waals surface area contributed by atoms with Gasteiger partial charge < -0.3 is 9.47 Å². The normalized spacial score (nSPS) is 19.3. The first-order valence-electron chi connectivity index (χ1n) is 6.33. The number of amides is 1. The second kappa shape index (κ2) is 4.49. The number of hydrogen-bond acceptors (Lipinski definition) is 3. The van der Waals surface area contributed by atoms with Crippen LogP contribution in [0.5, 0.6) is 0 Å². The third-order valence-corrected chi connectivity index (χ3v) is 3.86. The molecule has 0 aliphatic carbocycles. The Kier molecular flexibility index (Phi) is 2.93. The standard InChI is InChI=1S/C13H15ClN4O/c1-8-15-11-3-4-12(14)16-13(11)18(8)10-5-6-17(7-10)9(2)19/h3-4,10H,5-7H2,1-2H3. The Morgan fingerprint density at radius 1 is 1.42 bits per heavy atom. The number of imidazole rings is 1. The summed E-state index contributed by atoms with van der Waals surface area (Å²) in [6.07, 6.45) is 0.931. The summed E-state index contributed by atoms with van der Waals surface area (Å²) in [5.74, 6) is 1.04. The van der Waals surface area contributed by atoms with E-state index < -0.39 is 0 Å². The molecule has 1 amide bonds. The molecular weight excluding hydrogens is 264 g/mol. The van der Waals surface area contributed by atoms with Crippen LogP contribution in [-0.4, -0.2) is 38.4 Å². The number of carbonyl (C=O) groups is 1. The van der Waals surface area contributed by atoms with Gasteiger partial charge in [0.25, 0.3) is 0 Å². The molecule has 6 heteroatoms. The highest BCUT2D eigenvalue weighted by molar-refractivity contribution is 6.29. The van der Waals surface area contributed by atoms with Crippen LogP contribution in [0.25, 0.3) is 11.2 Å². The highest BCUT2D eigenvalue weighted by Gasteiger charge is 2.28. The molecule has 2 aromatic heterocycles. The number of aryl methyl sites for hydroxylation is 1. The summed E-state index contributed by atoms with van der Waals surface area (Å²) >= 11 is 5.97. The lowest BCUT2D eigenvalue weighted by Crippen LogP contribution is -2.26. The average Bonchev–Trinajstić information content (AvgIpc) is 2.92. The quantitative estimate of drug-likeness (QED) is 0.752. The molecule has 1 aliphatic rings. The van der Waals surface area contributed by atoms with Gasteiger partial charge in [-0.15, -0.1) is 0 Å². The van der Waals surface area contributed by atoms with E-state index in [-0.39, 0.29) is 11.9 Å². The monoisotopic (exact) mass is 278 g/mol. The Hall–Kier alpha value is -1.62. The molecule has 3 rings (SSSR count). The largest absolute Gasteiger partial charge is 0.341 e. The van der Waals surface area contributed by atoms with Crippen molar-refractivity contribution in [3.05, 3.63) is 23.1 Å². The maximum atomic E-state index is 11.4. The minimum atomic E-state index is 0.121. The molecular formula is C13H15ClN4O. The van der Waals surface area contributed by atoms with Crippen LogP contribution in [-0.2, 0) is 4.79 Å². The summed E-state index contributed by atoms with van der Waals surface area (Å²) in [6.45, 7) is 5.08. The van der Waals surface area contributed by atoms with Gasteiger partial charge in [0.1, 0.15) is 16.5 Å². The summed E-state index contributed by atoms with van der Waals surface area (Å²) in [6, 6.07) is 3.86. The molecule has 1 atom stereocenters. The van der Waals surface area contributed by atoms with E-state index >= 15 is 0 Å². The van der Waals surface area contributed by atoms with Gasteiger partial charge in [-0.3, -0.25) is 4.79 Å². The minimum Gasteiger partial charge on any atom is -0.341 e. The Bertz CT molecular complexity index is 651. The number of carbonyl (C=O) groups excluding carboxylic acids is 1. The molecule has 100 valence electrons. The predicted molar refractivity (Wildman–Crippen MR) is 73.2 cm³/mol. The average molecular weight is 279 g/mol.